The van der Waals surface area contributed by atoms with Crippen molar-refractivity contribution in [1.29, 1.82) is 0 Å². The van der Waals surface area contributed by atoms with Gasteiger partial charge in [0, 0.05) is 25.0 Å². The van der Waals surface area contributed by atoms with E-state index in [4.69, 9.17) is 0 Å². The van der Waals surface area contributed by atoms with E-state index in [9.17, 15) is 34.8 Å². The van der Waals surface area contributed by atoms with Crippen molar-refractivity contribution < 1.29 is 34.8 Å². The molecule has 0 radical (unpaired) electrons. The van der Waals surface area contributed by atoms with Gasteiger partial charge in [0.15, 0.2) is 11.4 Å². The van der Waals surface area contributed by atoms with Gasteiger partial charge in [-0.3, -0.25) is 14.4 Å². The number of ketones is 2. The molecule has 5 N–H and O–H groups in total. The van der Waals surface area contributed by atoms with Gasteiger partial charge in [-0.05, 0) is 42.9 Å². The average molecular weight is 399 g/mol. The van der Waals surface area contributed by atoms with Gasteiger partial charge < -0.3 is 25.7 Å². The molecule has 0 aromatic heterocycles. The van der Waals surface area contributed by atoms with Crippen molar-refractivity contribution in [2.24, 2.45) is 11.8 Å². The predicted octanol–water partition coefficient (Wildman–Crippen LogP) is 0.993. The molecule has 3 atom stereocenters. The normalized spacial score (nSPS) is 28.7. The molecular formula is C21H21NO7. The third-order valence-corrected chi connectivity index (χ3v) is 6.39. The van der Waals surface area contributed by atoms with E-state index in [1.165, 1.54) is 13.1 Å². The van der Waals surface area contributed by atoms with Crippen molar-refractivity contribution in [2.45, 2.75) is 31.8 Å². The molecule has 4 rings (SSSR count). The van der Waals surface area contributed by atoms with Crippen molar-refractivity contribution in [3.63, 3.8) is 0 Å². The molecule has 1 fully saturated rings. The highest BCUT2D eigenvalue weighted by Crippen LogP contribution is 2.52. The summed E-state index contributed by atoms with van der Waals surface area (Å²) in [7, 11) is 1.27. The minimum atomic E-state index is -2.48. The fourth-order valence-electron chi connectivity index (χ4n) is 4.88. The molecule has 3 aliphatic carbocycles. The van der Waals surface area contributed by atoms with Crippen LogP contribution in [-0.2, 0) is 20.8 Å². The highest BCUT2D eigenvalue weighted by Gasteiger charge is 2.60. The number of likely N-dealkylation sites (N-methyl/N-ethyl adjacent to an activating group) is 1. The maximum absolute atomic E-state index is 13.3. The molecule has 8 nitrogen and oxygen atoms in total. The molecule has 8 heteroatoms. The number of nitrogens with one attached hydrogen (secondary N) is 1. The minimum Gasteiger partial charge on any atom is -0.508 e. The van der Waals surface area contributed by atoms with Crippen LogP contribution in [0, 0.1) is 18.8 Å². The lowest BCUT2D eigenvalue weighted by molar-refractivity contribution is -0.147. The first-order valence-corrected chi connectivity index (χ1v) is 9.33. The van der Waals surface area contributed by atoms with Crippen molar-refractivity contribution in [3.05, 3.63) is 45.7 Å². The Hall–Kier alpha value is -3.13. The molecule has 1 amide bonds. The van der Waals surface area contributed by atoms with E-state index in [1.54, 1.807) is 6.07 Å². The molecule has 0 saturated heterocycles. The third-order valence-electron chi connectivity index (χ3n) is 6.39. The summed E-state index contributed by atoms with van der Waals surface area (Å²) in [5.41, 5.74) is -1.56. The predicted molar refractivity (Wildman–Crippen MR) is 101 cm³/mol. The summed E-state index contributed by atoms with van der Waals surface area (Å²) in [5.74, 6) is -5.52. The molecule has 1 unspecified atom stereocenters. The van der Waals surface area contributed by atoms with Crippen LogP contribution >= 0.6 is 0 Å². The Morgan fingerprint density at radius 3 is 2.52 bits per heavy atom. The second kappa shape index (κ2) is 6.18. The second-order valence-electron chi connectivity index (χ2n) is 7.88. The Balaban J connectivity index is 1.93. The van der Waals surface area contributed by atoms with Crippen molar-refractivity contribution in [3.8, 4) is 5.75 Å². The Kier molecular flexibility index (Phi) is 4.09. The van der Waals surface area contributed by atoms with Crippen LogP contribution in [0.4, 0.5) is 0 Å². The summed E-state index contributed by atoms with van der Waals surface area (Å²) >= 11 is 0. The van der Waals surface area contributed by atoms with E-state index >= 15 is 0 Å². The first kappa shape index (κ1) is 19.2. The number of Topliss-reactive ketones (excluding diaryl/α,β-unsaturated/α-hetero) is 2. The Bertz CT molecular complexity index is 1050. The number of hydrogen-bond donors (Lipinski definition) is 5. The quantitative estimate of drug-likeness (QED) is 0.443. The lowest BCUT2D eigenvalue weighted by Gasteiger charge is -2.46. The lowest BCUT2D eigenvalue weighted by atomic mass is 9.59. The number of carbonyl (C=O) groups is 3. The number of phenolic OH excluding ortho intramolecular Hbond substituents is 1. The number of fused-ring (bicyclic) bond motifs is 3. The fraction of sp³-hybridized carbons (Fsp3) is 0.381. The number of rotatable bonds is 1. The van der Waals surface area contributed by atoms with Crippen LogP contribution in [0.15, 0.2) is 29.0 Å². The number of aliphatic hydroxyl groups is 3. The number of aromatic hydroxyl groups is 1. The monoisotopic (exact) mass is 399 g/mol. The van der Waals surface area contributed by atoms with Crippen LogP contribution < -0.4 is 5.32 Å². The highest BCUT2D eigenvalue weighted by atomic mass is 16.3. The van der Waals surface area contributed by atoms with E-state index < -0.39 is 52.0 Å². The van der Waals surface area contributed by atoms with Gasteiger partial charge in [-0.15, -0.1) is 0 Å². The first-order valence-electron chi connectivity index (χ1n) is 9.33. The zero-order valence-electron chi connectivity index (χ0n) is 15.9. The van der Waals surface area contributed by atoms with E-state index in [0.29, 0.717) is 12.0 Å². The van der Waals surface area contributed by atoms with Gasteiger partial charge in [-0.2, -0.15) is 0 Å². The van der Waals surface area contributed by atoms with Gasteiger partial charge >= 0.3 is 0 Å². The largest absolute Gasteiger partial charge is 0.508 e. The lowest BCUT2D eigenvalue weighted by Crippen LogP contribution is -2.58. The third kappa shape index (κ3) is 2.38. The number of hydrogen-bond acceptors (Lipinski definition) is 7. The van der Waals surface area contributed by atoms with E-state index in [1.807, 2.05) is 6.92 Å². The van der Waals surface area contributed by atoms with Crippen LogP contribution in [0.5, 0.6) is 5.75 Å². The number of aliphatic hydroxyl groups excluding tert-OH is 2. The number of phenols is 1. The summed E-state index contributed by atoms with van der Waals surface area (Å²) in [4.78, 5) is 37.8. The number of amides is 1. The average Bonchev–Trinajstić information content (AvgIpc) is 2.67. The standard InChI is InChI=1S/C21H21NO7/c1-8-3-4-12(23)15-11(8)6-9-5-10-7-13(24)16(20(28)22-2)19(27)21(10,29)18(26)14(9)17(15)25/h3-4,9-10,23,25,27,29H,5-7H2,1-2H3,(H,22,28)/t9?,10-,21-/m0/s1. The van der Waals surface area contributed by atoms with Crippen LogP contribution in [0.2, 0.25) is 0 Å². The molecule has 3 aliphatic rings. The fourth-order valence-corrected chi connectivity index (χ4v) is 4.88. The van der Waals surface area contributed by atoms with Crippen molar-refractivity contribution >= 4 is 23.2 Å². The van der Waals surface area contributed by atoms with E-state index in [0.717, 1.165) is 5.56 Å². The van der Waals surface area contributed by atoms with Gasteiger partial charge in [-0.25, -0.2) is 0 Å². The molecule has 152 valence electrons. The maximum atomic E-state index is 13.3. The molecule has 1 aromatic carbocycles. The molecular weight excluding hydrogens is 378 g/mol. The van der Waals surface area contributed by atoms with Crippen molar-refractivity contribution in [2.75, 3.05) is 7.05 Å². The maximum Gasteiger partial charge on any atom is 0.258 e. The topological polar surface area (TPSA) is 144 Å². The molecule has 0 bridgehead atoms. The van der Waals surface area contributed by atoms with Gasteiger partial charge in [-0.1, -0.05) is 6.07 Å². The Morgan fingerprint density at radius 2 is 1.86 bits per heavy atom. The van der Waals surface area contributed by atoms with Crippen LogP contribution in [0.1, 0.15) is 29.5 Å². The smallest absolute Gasteiger partial charge is 0.258 e. The molecule has 1 aromatic rings. The van der Waals surface area contributed by atoms with Gasteiger partial charge in [0.2, 0.25) is 5.78 Å². The highest BCUT2D eigenvalue weighted by molar-refractivity contribution is 6.23. The van der Waals surface area contributed by atoms with Crippen molar-refractivity contribution in [1.82, 2.24) is 5.32 Å². The second-order valence-corrected chi connectivity index (χ2v) is 7.88. The number of benzene rings is 1. The number of carbonyl (C=O) groups excluding carboxylic acids is 3. The summed E-state index contributed by atoms with van der Waals surface area (Å²) < 4.78 is 0. The SMILES string of the molecule is CNC(=O)C1=C(O)[C@@]2(O)C(=O)C3=C(O)c4c(O)ccc(C)c4CC3C[C@H]2CC1=O. The summed E-state index contributed by atoms with van der Waals surface area (Å²) in [6, 6.07) is 3.12. The summed E-state index contributed by atoms with van der Waals surface area (Å²) in [5, 5.41) is 45.1. The zero-order chi connectivity index (χ0) is 21.2. The molecule has 0 heterocycles. The van der Waals surface area contributed by atoms with Gasteiger partial charge in [0.1, 0.15) is 22.8 Å². The summed E-state index contributed by atoms with van der Waals surface area (Å²) in [6.07, 6.45) is 0.229. The summed E-state index contributed by atoms with van der Waals surface area (Å²) in [6.45, 7) is 1.83. The van der Waals surface area contributed by atoms with Crippen LogP contribution in [0.25, 0.3) is 5.76 Å². The molecule has 29 heavy (non-hydrogen) atoms. The molecule has 1 saturated carbocycles. The first-order chi connectivity index (χ1) is 13.6. The number of aryl methyl sites for hydroxylation is 1. The minimum absolute atomic E-state index is 0.102. The Morgan fingerprint density at radius 1 is 1.17 bits per heavy atom. The molecule has 0 aliphatic heterocycles. The van der Waals surface area contributed by atoms with E-state index in [-0.39, 0.29) is 29.7 Å². The Labute approximate surface area is 166 Å². The van der Waals surface area contributed by atoms with Crippen LogP contribution in [-0.4, -0.2) is 50.5 Å². The van der Waals surface area contributed by atoms with Crippen LogP contribution in [0.3, 0.4) is 0 Å². The molecule has 0 spiro atoms. The van der Waals surface area contributed by atoms with Gasteiger partial charge in [0.05, 0.1) is 5.56 Å². The van der Waals surface area contributed by atoms with E-state index in [2.05, 4.69) is 5.32 Å². The van der Waals surface area contributed by atoms with Gasteiger partial charge in [0.25, 0.3) is 5.91 Å². The zero-order valence-corrected chi connectivity index (χ0v) is 15.9.